The summed E-state index contributed by atoms with van der Waals surface area (Å²) in [4.78, 5) is 0.0629. The number of sulfonamides is 1. The third kappa shape index (κ3) is 3.86. The van der Waals surface area contributed by atoms with Crippen LogP contribution in [-0.4, -0.2) is 16.8 Å². The first kappa shape index (κ1) is 16.9. The van der Waals surface area contributed by atoms with Crippen LogP contribution in [0.2, 0.25) is 0 Å². The average molecular weight is 405 g/mol. The van der Waals surface area contributed by atoms with E-state index in [1.54, 1.807) is 0 Å². The third-order valence-corrected chi connectivity index (χ3v) is 6.24. The Morgan fingerprint density at radius 3 is 1.95 bits per heavy atom. The van der Waals surface area contributed by atoms with E-state index in [-0.39, 0.29) is 15.5 Å². The summed E-state index contributed by atoms with van der Waals surface area (Å²) in [5.74, 6) is -0.256. The smallest absolute Gasteiger partial charge is 0.238 e. The van der Waals surface area contributed by atoms with Crippen LogP contribution in [0.4, 0.5) is 5.69 Å². The number of rotatable bonds is 4. The fourth-order valence-electron chi connectivity index (χ4n) is 1.78. The molecular formula is C13H13BrN2O4S2. The first-order chi connectivity index (χ1) is 10.1. The van der Waals surface area contributed by atoms with E-state index >= 15 is 0 Å². The Balaban J connectivity index is 2.30. The number of halogens is 1. The molecule has 0 aromatic heterocycles. The minimum absolute atomic E-state index is 0.0659. The van der Waals surface area contributed by atoms with Crippen molar-refractivity contribution in [1.29, 1.82) is 0 Å². The zero-order chi connectivity index (χ0) is 16.5. The van der Waals surface area contributed by atoms with Crippen molar-refractivity contribution in [2.24, 2.45) is 5.14 Å². The zero-order valence-electron chi connectivity index (χ0n) is 11.2. The predicted octanol–water partition coefficient (Wildman–Crippen LogP) is 1.65. The molecule has 0 heterocycles. The van der Waals surface area contributed by atoms with E-state index in [9.17, 15) is 16.8 Å². The van der Waals surface area contributed by atoms with E-state index in [0.29, 0.717) is 15.7 Å². The van der Waals surface area contributed by atoms with Gasteiger partial charge < -0.3 is 5.73 Å². The Hall–Kier alpha value is -1.42. The van der Waals surface area contributed by atoms with Crippen molar-refractivity contribution < 1.29 is 16.8 Å². The molecule has 118 valence electrons. The molecule has 2 aromatic rings. The number of nitrogen functional groups attached to an aromatic ring is 1. The Morgan fingerprint density at radius 2 is 1.45 bits per heavy atom. The average Bonchev–Trinajstić information content (AvgIpc) is 2.41. The normalized spacial score (nSPS) is 12.3. The number of nitrogens with two attached hydrogens (primary N) is 2. The van der Waals surface area contributed by atoms with Gasteiger partial charge in [-0.3, -0.25) is 0 Å². The molecule has 0 atom stereocenters. The van der Waals surface area contributed by atoms with Crippen LogP contribution in [0, 0.1) is 0 Å². The predicted molar refractivity (Wildman–Crippen MR) is 87.3 cm³/mol. The van der Waals surface area contributed by atoms with Gasteiger partial charge in [-0.2, -0.15) is 0 Å². The number of hydrogen-bond donors (Lipinski definition) is 2. The van der Waals surface area contributed by atoms with Gasteiger partial charge in [-0.05, 0) is 51.8 Å². The molecule has 0 unspecified atom stereocenters. The molecule has 9 heteroatoms. The van der Waals surface area contributed by atoms with Crippen LogP contribution in [0.1, 0.15) is 5.56 Å². The fraction of sp³-hybridized carbons (Fsp3) is 0.0769. The largest absolute Gasteiger partial charge is 0.398 e. The third-order valence-electron chi connectivity index (χ3n) is 2.94. The molecule has 4 N–H and O–H groups in total. The van der Waals surface area contributed by atoms with Crippen LogP contribution in [0.15, 0.2) is 56.7 Å². The Kier molecular flexibility index (Phi) is 4.62. The molecule has 0 aliphatic carbocycles. The highest BCUT2D eigenvalue weighted by Crippen LogP contribution is 2.25. The molecule has 0 aliphatic rings. The van der Waals surface area contributed by atoms with Crippen LogP contribution >= 0.6 is 15.9 Å². The van der Waals surface area contributed by atoms with Gasteiger partial charge >= 0.3 is 0 Å². The lowest BCUT2D eigenvalue weighted by Crippen LogP contribution is -2.12. The summed E-state index contributed by atoms with van der Waals surface area (Å²) in [5, 5.41) is 4.99. The number of anilines is 1. The highest BCUT2D eigenvalue weighted by Gasteiger charge is 2.17. The minimum atomic E-state index is -3.80. The van der Waals surface area contributed by atoms with E-state index < -0.39 is 19.9 Å². The maximum absolute atomic E-state index is 12.3. The Labute approximate surface area is 137 Å². The summed E-state index contributed by atoms with van der Waals surface area (Å²) in [6.07, 6.45) is 0. The summed E-state index contributed by atoms with van der Waals surface area (Å²) in [6, 6.07) is 9.75. The zero-order valence-corrected chi connectivity index (χ0v) is 14.4. The first-order valence-corrected chi connectivity index (χ1v) is 9.98. The monoisotopic (exact) mass is 404 g/mol. The molecule has 22 heavy (non-hydrogen) atoms. The van der Waals surface area contributed by atoms with Crippen molar-refractivity contribution in [1.82, 2.24) is 0 Å². The summed E-state index contributed by atoms with van der Waals surface area (Å²) in [6.45, 7) is 0. The molecular weight excluding hydrogens is 392 g/mol. The van der Waals surface area contributed by atoms with Crippen molar-refractivity contribution >= 4 is 41.5 Å². The minimum Gasteiger partial charge on any atom is -0.398 e. The van der Waals surface area contributed by atoms with Gasteiger partial charge in [0.2, 0.25) is 10.0 Å². The van der Waals surface area contributed by atoms with Crippen molar-refractivity contribution in [3.63, 3.8) is 0 Å². The highest BCUT2D eigenvalue weighted by molar-refractivity contribution is 9.10. The van der Waals surface area contributed by atoms with Crippen LogP contribution in [0.3, 0.4) is 0 Å². The van der Waals surface area contributed by atoms with Crippen LogP contribution in [0.25, 0.3) is 0 Å². The molecule has 0 fully saturated rings. The molecule has 2 rings (SSSR count). The van der Waals surface area contributed by atoms with Gasteiger partial charge in [-0.15, -0.1) is 0 Å². The second kappa shape index (κ2) is 5.99. The number of sulfone groups is 1. The summed E-state index contributed by atoms with van der Waals surface area (Å²) in [7, 11) is -7.36. The van der Waals surface area contributed by atoms with E-state index in [2.05, 4.69) is 15.9 Å². The molecule has 6 nitrogen and oxygen atoms in total. The maximum atomic E-state index is 12.3. The molecule has 0 saturated carbocycles. The van der Waals surface area contributed by atoms with Crippen LogP contribution in [0.5, 0.6) is 0 Å². The van der Waals surface area contributed by atoms with Crippen LogP contribution < -0.4 is 10.9 Å². The van der Waals surface area contributed by atoms with Gasteiger partial charge in [-0.25, -0.2) is 22.0 Å². The molecule has 2 aromatic carbocycles. The van der Waals surface area contributed by atoms with Crippen molar-refractivity contribution in [2.75, 3.05) is 5.73 Å². The number of benzene rings is 2. The van der Waals surface area contributed by atoms with Gasteiger partial charge in [-0.1, -0.05) is 12.1 Å². The van der Waals surface area contributed by atoms with Crippen LogP contribution in [-0.2, 0) is 25.6 Å². The maximum Gasteiger partial charge on any atom is 0.238 e. The first-order valence-electron chi connectivity index (χ1n) is 5.99. The Bertz CT molecular complexity index is 908. The fourth-order valence-corrected chi connectivity index (χ4v) is 4.20. The van der Waals surface area contributed by atoms with E-state index in [4.69, 9.17) is 10.9 Å². The van der Waals surface area contributed by atoms with Gasteiger partial charge in [0.05, 0.1) is 15.5 Å². The lowest BCUT2D eigenvalue weighted by Gasteiger charge is -2.07. The highest BCUT2D eigenvalue weighted by atomic mass is 79.9. The molecule has 0 amide bonds. The SMILES string of the molecule is Nc1ccc(S(=O)(=O)Cc2ccc(S(N)(=O)=O)cc2)cc1Br. The van der Waals surface area contributed by atoms with Gasteiger partial charge in [0.25, 0.3) is 0 Å². The summed E-state index contributed by atoms with van der Waals surface area (Å²) >= 11 is 3.19. The van der Waals surface area contributed by atoms with Gasteiger partial charge in [0, 0.05) is 10.2 Å². The topological polar surface area (TPSA) is 120 Å². The van der Waals surface area contributed by atoms with E-state index in [1.807, 2.05) is 0 Å². The molecule has 0 radical (unpaired) electrons. The number of hydrogen-bond acceptors (Lipinski definition) is 5. The lowest BCUT2D eigenvalue weighted by molar-refractivity contribution is 0.595. The second-order valence-corrected chi connectivity index (χ2v) is 9.04. The molecule has 0 saturated heterocycles. The van der Waals surface area contributed by atoms with E-state index in [1.165, 1.54) is 42.5 Å². The molecule has 0 aliphatic heterocycles. The quantitative estimate of drug-likeness (QED) is 0.750. The lowest BCUT2D eigenvalue weighted by atomic mass is 10.2. The summed E-state index contributed by atoms with van der Waals surface area (Å²) < 4.78 is 47.5. The van der Waals surface area contributed by atoms with E-state index in [0.717, 1.165) is 0 Å². The van der Waals surface area contributed by atoms with Crippen molar-refractivity contribution in [2.45, 2.75) is 15.5 Å². The Morgan fingerprint density at radius 1 is 0.909 bits per heavy atom. The van der Waals surface area contributed by atoms with Gasteiger partial charge in [0.1, 0.15) is 0 Å². The molecule has 0 spiro atoms. The number of primary sulfonamides is 1. The van der Waals surface area contributed by atoms with Crippen molar-refractivity contribution in [3.05, 3.63) is 52.5 Å². The van der Waals surface area contributed by atoms with Crippen molar-refractivity contribution in [3.8, 4) is 0 Å². The second-order valence-electron chi connectivity index (χ2n) is 4.63. The summed E-state index contributed by atoms with van der Waals surface area (Å²) in [5.41, 5.74) is 6.53. The molecule has 0 bridgehead atoms. The van der Waals surface area contributed by atoms with Gasteiger partial charge in [0.15, 0.2) is 9.84 Å². The standard InChI is InChI=1S/C13H13BrN2O4S2/c14-12-7-11(5-6-13(12)15)21(17,18)8-9-1-3-10(4-2-9)22(16,19)20/h1-7H,8,15H2,(H2,16,19,20).